The number of nitrogens with zero attached hydrogens (tertiary/aromatic N) is 1. The van der Waals surface area contributed by atoms with Gasteiger partial charge >= 0.3 is 5.97 Å². The molecule has 0 spiro atoms. The van der Waals surface area contributed by atoms with E-state index in [-0.39, 0.29) is 30.1 Å². The van der Waals surface area contributed by atoms with Crippen molar-refractivity contribution in [3.05, 3.63) is 70.7 Å². The van der Waals surface area contributed by atoms with Crippen LogP contribution in [0.15, 0.2) is 60.1 Å². The number of amides is 1. The molecule has 9 nitrogen and oxygen atoms in total. The van der Waals surface area contributed by atoms with Gasteiger partial charge in [-0.1, -0.05) is 24.8 Å². The first-order chi connectivity index (χ1) is 15.8. The number of nitrogens with one attached hydrogen (secondary N) is 1. The molecule has 0 radical (unpaired) electrons. The van der Waals surface area contributed by atoms with E-state index in [1.165, 1.54) is 13.2 Å². The Bertz CT molecular complexity index is 1070. The lowest BCUT2D eigenvalue weighted by Crippen LogP contribution is -2.31. The van der Waals surface area contributed by atoms with Crippen LogP contribution < -0.4 is 21.6 Å². The van der Waals surface area contributed by atoms with E-state index in [2.05, 4.69) is 21.6 Å². The number of allylic oxidation sites excluding steroid dienone is 2. The second kappa shape index (κ2) is 14.3. The summed E-state index contributed by atoms with van der Waals surface area (Å²) in [5.74, 6) is -0.208. The zero-order valence-corrected chi connectivity index (χ0v) is 19.4. The quantitative estimate of drug-likeness (QED) is 0.288. The van der Waals surface area contributed by atoms with Gasteiger partial charge in [0.15, 0.2) is 17.3 Å². The zero-order valence-electron chi connectivity index (χ0n) is 19.4. The Hall–Kier alpha value is -3.85. The van der Waals surface area contributed by atoms with E-state index in [0.29, 0.717) is 23.3 Å². The molecule has 0 saturated heterocycles. The number of nitrogen functional groups attached to an aromatic ring is 1. The van der Waals surface area contributed by atoms with Gasteiger partial charge in [0.1, 0.15) is 11.2 Å². The van der Waals surface area contributed by atoms with Gasteiger partial charge in [-0.05, 0) is 37.6 Å². The maximum absolute atomic E-state index is 12.3. The highest BCUT2D eigenvalue weighted by molar-refractivity contribution is 5.96. The van der Waals surface area contributed by atoms with Crippen LogP contribution in [0.3, 0.4) is 0 Å². The third-order valence-corrected chi connectivity index (χ3v) is 4.14. The molecule has 0 aromatic carbocycles. The van der Waals surface area contributed by atoms with Crippen LogP contribution in [0.5, 0.6) is 0 Å². The number of methoxy groups -OCH3 is 2. The van der Waals surface area contributed by atoms with Gasteiger partial charge in [0, 0.05) is 31.6 Å². The number of aromatic nitrogens is 1. The molecular weight excluding hydrogens is 426 g/mol. The number of carbonyl (C=O) groups excluding carboxylic acids is 1. The lowest BCUT2D eigenvalue weighted by Gasteiger charge is -2.13. The minimum absolute atomic E-state index is 0.0161. The van der Waals surface area contributed by atoms with E-state index in [1.807, 2.05) is 18.2 Å². The first-order valence-electron chi connectivity index (χ1n) is 10.1. The molecular formula is C24H31N3O6. The maximum Gasteiger partial charge on any atom is 0.305 e. The van der Waals surface area contributed by atoms with Crippen molar-refractivity contribution in [2.75, 3.05) is 33.6 Å². The predicted octanol–water partition coefficient (Wildman–Crippen LogP) is 1.37. The fourth-order valence-corrected chi connectivity index (χ4v) is 2.62. The second-order valence-electron chi connectivity index (χ2n) is 6.67. The Morgan fingerprint density at radius 2 is 2.00 bits per heavy atom. The maximum atomic E-state index is 12.3. The van der Waals surface area contributed by atoms with Gasteiger partial charge in [-0.25, -0.2) is 4.98 Å². The van der Waals surface area contributed by atoms with Gasteiger partial charge in [-0.3, -0.25) is 9.59 Å². The molecule has 1 aliphatic rings. The molecule has 0 bridgehead atoms. The van der Waals surface area contributed by atoms with E-state index in [1.54, 1.807) is 39.4 Å². The summed E-state index contributed by atoms with van der Waals surface area (Å²) in [7, 11) is 4.68. The topological polar surface area (TPSA) is 133 Å². The molecule has 0 saturated carbocycles. The summed E-state index contributed by atoms with van der Waals surface area (Å²) in [6.45, 7) is 5.60. The number of carboxylic acids is 1. The van der Waals surface area contributed by atoms with Crippen molar-refractivity contribution in [1.29, 1.82) is 0 Å². The van der Waals surface area contributed by atoms with Gasteiger partial charge in [-0.15, -0.1) is 0 Å². The Morgan fingerprint density at radius 3 is 2.61 bits per heavy atom. The normalized spacial score (nSPS) is 12.9. The molecule has 0 atom stereocenters. The molecule has 0 fully saturated rings. The van der Waals surface area contributed by atoms with Gasteiger partial charge in [-0.2, -0.15) is 0 Å². The highest BCUT2D eigenvalue weighted by Crippen LogP contribution is 2.18. The average molecular weight is 458 g/mol. The fraction of sp³-hybridized carbons (Fsp3) is 0.292. The zero-order chi connectivity index (χ0) is 24.8. The standard InChI is InChI=1S/C22H25N3O5.C2H6O/c1-4-15(22(28)24-12-11-20(26)27)13-18(29-3)14(2)30-17-8-6-5-7-16-9-10-19(23)25-21(16)17;1-3-2/h4,6-10,13H,2,5,11-12H2,1,3H3,(H2,23,25)(H,24,28)(H,26,27);1-2H3/b15-4+,18-13+;. The highest BCUT2D eigenvalue weighted by Gasteiger charge is 2.13. The number of hydrogen-bond acceptors (Lipinski definition) is 7. The van der Waals surface area contributed by atoms with Crippen molar-refractivity contribution in [2.45, 2.75) is 19.8 Å². The molecule has 9 heteroatoms. The third kappa shape index (κ3) is 9.04. The summed E-state index contributed by atoms with van der Waals surface area (Å²) < 4.78 is 15.5. The molecule has 4 N–H and O–H groups in total. The SMILES string of the molecule is C=C(OC1=c2nc(N)ccc2=CCC=C1)/C(=C\C(=C/C)C(=O)NCCC(=O)O)OC.COC. The summed E-state index contributed by atoms with van der Waals surface area (Å²) in [4.78, 5) is 27.2. The predicted molar refractivity (Wildman–Crippen MR) is 127 cm³/mol. The molecule has 1 aliphatic carbocycles. The number of carboxylic acid groups (broad SMARTS) is 1. The molecule has 0 aliphatic heterocycles. The molecule has 33 heavy (non-hydrogen) atoms. The minimum atomic E-state index is -0.993. The van der Waals surface area contributed by atoms with Crippen LogP contribution in [0.2, 0.25) is 0 Å². The van der Waals surface area contributed by atoms with Crippen molar-refractivity contribution in [2.24, 2.45) is 0 Å². The van der Waals surface area contributed by atoms with E-state index in [9.17, 15) is 9.59 Å². The largest absolute Gasteiger partial charge is 0.493 e. The molecule has 1 aromatic heterocycles. The number of hydrogen-bond donors (Lipinski definition) is 3. The summed E-state index contributed by atoms with van der Waals surface area (Å²) in [5.41, 5.74) is 6.10. The Kier molecular flexibility index (Phi) is 11.7. The molecule has 178 valence electrons. The minimum Gasteiger partial charge on any atom is -0.493 e. The number of aliphatic carboxylic acids is 1. The van der Waals surface area contributed by atoms with Crippen molar-refractivity contribution in [1.82, 2.24) is 10.3 Å². The van der Waals surface area contributed by atoms with Crippen molar-refractivity contribution >= 4 is 29.5 Å². The summed E-state index contributed by atoms with van der Waals surface area (Å²) in [6.07, 6.45) is 9.30. The average Bonchev–Trinajstić information content (AvgIpc) is 2.96. The molecule has 1 aromatic rings. The van der Waals surface area contributed by atoms with E-state index in [4.69, 9.17) is 20.3 Å². The fourth-order valence-electron chi connectivity index (χ4n) is 2.62. The van der Waals surface area contributed by atoms with Gasteiger partial charge in [0.2, 0.25) is 0 Å². The first-order valence-corrected chi connectivity index (χ1v) is 10.1. The lowest BCUT2D eigenvalue weighted by atomic mass is 10.2. The van der Waals surface area contributed by atoms with Crippen LogP contribution in [0.1, 0.15) is 19.8 Å². The van der Waals surface area contributed by atoms with Crippen molar-refractivity contribution in [3.8, 4) is 0 Å². The summed E-state index contributed by atoms with van der Waals surface area (Å²) in [5, 5.41) is 12.7. The number of nitrogens with two attached hydrogens (primary N) is 1. The Labute approximate surface area is 193 Å². The number of carbonyl (C=O) groups is 2. The Morgan fingerprint density at radius 1 is 1.30 bits per heavy atom. The van der Waals surface area contributed by atoms with E-state index >= 15 is 0 Å². The van der Waals surface area contributed by atoms with E-state index < -0.39 is 11.9 Å². The summed E-state index contributed by atoms with van der Waals surface area (Å²) in [6, 6.07) is 3.58. The van der Waals surface area contributed by atoms with E-state index in [0.717, 1.165) is 5.22 Å². The second-order valence-corrected chi connectivity index (χ2v) is 6.67. The highest BCUT2D eigenvalue weighted by atomic mass is 16.5. The molecule has 2 rings (SSSR count). The van der Waals surface area contributed by atoms with Crippen LogP contribution in [-0.4, -0.2) is 49.8 Å². The Balaban J connectivity index is 0.00000172. The van der Waals surface area contributed by atoms with Gasteiger partial charge in [0.05, 0.1) is 13.5 Å². The number of ether oxygens (including phenoxy) is 3. The van der Waals surface area contributed by atoms with Crippen LogP contribution in [0.4, 0.5) is 5.82 Å². The van der Waals surface area contributed by atoms with Crippen LogP contribution in [0.25, 0.3) is 11.8 Å². The van der Waals surface area contributed by atoms with Crippen LogP contribution in [0, 0.1) is 0 Å². The summed E-state index contributed by atoms with van der Waals surface area (Å²) >= 11 is 0. The number of anilines is 1. The molecule has 0 unspecified atom stereocenters. The van der Waals surface area contributed by atoms with Crippen LogP contribution >= 0.6 is 0 Å². The van der Waals surface area contributed by atoms with Gasteiger partial charge < -0.3 is 30.4 Å². The number of pyridine rings is 1. The van der Waals surface area contributed by atoms with Crippen molar-refractivity contribution in [3.63, 3.8) is 0 Å². The number of fused-ring (bicyclic) bond motifs is 1. The smallest absolute Gasteiger partial charge is 0.305 e. The molecule has 1 heterocycles. The number of rotatable bonds is 9. The van der Waals surface area contributed by atoms with Crippen molar-refractivity contribution < 1.29 is 28.9 Å². The first kappa shape index (κ1) is 27.2. The molecule has 1 amide bonds. The lowest BCUT2D eigenvalue weighted by molar-refractivity contribution is -0.136. The van der Waals surface area contributed by atoms with Gasteiger partial charge in [0.25, 0.3) is 5.91 Å². The van der Waals surface area contributed by atoms with Crippen LogP contribution in [-0.2, 0) is 23.8 Å². The third-order valence-electron chi connectivity index (χ3n) is 4.14. The monoisotopic (exact) mass is 457 g/mol.